The van der Waals surface area contributed by atoms with E-state index in [-0.39, 0.29) is 11.7 Å². The fraction of sp³-hybridized carbons (Fsp3) is 0.500. The Kier molecular flexibility index (Phi) is 3.97. The predicted molar refractivity (Wildman–Crippen MR) is 61.3 cm³/mol. The van der Waals surface area contributed by atoms with Crippen molar-refractivity contribution in [2.75, 3.05) is 13.7 Å². The van der Waals surface area contributed by atoms with Crippen LogP contribution in [-0.4, -0.2) is 18.8 Å². The van der Waals surface area contributed by atoms with Crippen LogP contribution in [0.1, 0.15) is 25.3 Å². The molecule has 1 aromatic rings. The van der Waals surface area contributed by atoms with Crippen molar-refractivity contribution in [2.45, 2.75) is 19.8 Å². The third-order valence-electron chi connectivity index (χ3n) is 2.69. The molecule has 0 saturated heterocycles. The van der Waals surface area contributed by atoms with E-state index in [9.17, 15) is 5.11 Å². The monoisotopic (exact) mass is 209 g/mol. The second-order valence-corrected chi connectivity index (χ2v) is 4.02. The van der Waals surface area contributed by atoms with Gasteiger partial charge in [0, 0.05) is 0 Å². The van der Waals surface area contributed by atoms with E-state index in [4.69, 9.17) is 10.5 Å². The van der Waals surface area contributed by atoms with E-state index in [0.717, 1.165) is 5.56 Å². The van der Waals surface area contributed by atoms with E-state index in [1.165, 1.54) is 7.11 Å². The first-order valence-electron chi connectivity index (χ1n) is 5.17. The molecule has 0 fully saturated rings. The lowest BCUT2D eigenvalue weighted by Crippen LogP contribution is -2.17. The molecule has 3 heteroatoms. The van der Waals surface area contributed by atoms with E-state index in [0.29, 0.717) is 18.2 Å². The van der Waals surface area contributed by atoms with E-state index < -0.39 is 0 Å². The van der Waals surface area contributed by atoms with E-state index in [2.05, 4.69) is 13.8 Å². The summed E-state index contributed by atoms with van der Waals surface area (Å²) in [6.07, 6.45) is 0. The number of benzene rings is 1. The van der Waals surface area contributed by atoms with Crippen molar-refractivity contribution in [3.8, 4) is 11.5 Å². The first-order chi connectivity index (χ1) is 7.10. The number of hydrogen-bond acceptors (Lipinski definition) is 3. The Hall–Kier alpha value is -1.22. The summed E-state index contributed by atoms with van der Waals surface area (Å²) < 4.78 is 4.99. The molecule has 0 spiro atoms. The zero-order valence-corrected chi connectivity index (χ0v) is 9.53. The summed E-state index contributed by atoms with van der Waals surface area (Å²) in [6, 6.07) is 5.46. The van der Waals surface area contributed by atoms with Crippen molar-refractivity contribution in [2.24, 2.45) is 11.7 Å². The smallest absolute Gasteiger partial charge is 0.160 e. The van der Waals surface area contributed by atoms with Gasteiger partial charge in [-0.05, 0) is 36.1 Å². The molecule has 1 rings (SSSR count). The molecule has 0 aliphatic rings. The Bertz CT molecular complexity index is 323. The summed E-state index contributed by atoms with van der Waals surface area (Å²) >= 11 is 0. The zero-order chi connectivity index (χ0) is 11.4. The highest BCUT2D eigenvalue weighted by atomic mass is 16.5. The van der Waals surface area contributed by atoms with Crippen LogP contribution in [0.4, 0.5) is 0 Å². The van der Waals surface area contributed by atoms with Gasteiger partial charge >= 0.3 is 0 Å². The summed E-state index contributed by atoms with van der Waals surface area (Å²) in [7, 11) is 1.54. The summed E-state index contributed by atoms with van der Waals surface area (Å²) in [5.74, 6) is 1.41. The minimum absolute atomic E-state index is 0.175. The highest BCUT2D eigenvalue weighted by molar-refractivity contribution is 5.42. The van der Waals surface area contributed by atoms with Gasteiger partial charge in [0.05, 0.1) is 7.11 Å². The van der Waals surface area contributed by atoms with Crippen LogP contribution < -0.4 is 10.5 Å². The topological polar surface area (TPSA) is 55.5 Å². The van der Waals surface area contributed by atoms with Gasteiger partial charge in [-0.1, -0.05) is 19.9 Å². The number of rotatable bonds is 4. The van der Waals surface area contributed by atoms with Crippen LogP contribution >= 0.6 is 0 Å². The molecular weight excluding hydrogens is 190 g/mol. The van der Waals surface area contributed by atoms with E-state index in [1.807, 2.05) is 6.07 Å². The van der Waals surface area contributed by atoms with Gasteiger partial charge in [-0.25, -0.2) is 0 Å². The third kappa shape index (κ3) is 2.63. The zero-order valence-electron chi connectivity index (χ0n) is 9.53. The molecule has 1 atom stereocenters. The molecule has 3 nitrogen and oxygen atoms in total. The summed E-state index contributed by atoms with van der Waals surface area (Å²) in [4.78, 5) is 0. The minimum Gasteiger partial charge on any atom is -0.504 e. The van der Waals surface area contributed by atoms with Crippen molar-refractivity contribution >= 4 is 0 Å². The molecule has 0 bridgehead atoms. The number of phenols is 1. The predicted octanol–water partition coefficient (Wildman–Crippen LogP) is 2.10. The average molecular weight is 209 g/mol. The quantitative estimate of drug-likeness (QED) is 0.798. The van der Waals surface area contributed by atoms with Crippen LogP contribution in [0, 0.1) is 5.92 Å². The lowest BCUT2D eigenvalue weighted by atomic mass is 9.88. The van der Waals surface area contributed by atoms with E-state index in [1.54, 1.807) is 12.1 Å². The number of aromatic hydroxyl groups is 1. The molecule has 0 amide bonds. The number of hydrogen-bond donors (Lipinski definition) is 2. The van der Waals surface area contributed by atoms with Gasteiger partial charge in [-0.3, -0.25) is 0 Å². The largest absolute Gasteiger partial charge is 0.504 e. The molecule has 0 aliphatic carbocycles. The van der Waals surface area contributed by atoms with Gasteiger partial charge in [-0.2, -0.15) is 0 Å². The van der Waals surface area contributed by atoms with Crippen LogP contribution in [0.25, 0.3) is 0 Å². The number of nitrogens with two attached hydrogens (primary N) is 1. The second-order valence-electron chi connectivity index (χ2n) is 4.02. The van der Waals surface area contributed by atoms with Gasteiger partial charge in [-0.15, -0.1) is 0 Å². The van der Waals surface area contributed by atoms with Crippen LogP contribution in [-0.2, 0) is 0 Å². The maximum atomic E-state index is 9.65. The Labute approximate surface area is 90.9 Å². The normalized spacial score (nSPS) is 12.9. The molecule has 0 aromatic heterocycles. The lowest BCUT2D eigenvalue weighted by Gasteiger charge is -2.19. The fourth-order valence-electron chi connectivity index (χ4n) is 1.73. The highest BCUT2D eigenvalue weighted by Crippen LogP contribution is 2.31. The molecule has 0 aliphatic heterocycles. The molecular formula is C12H19NO2. The first-order valence-corrected chi connectivity index (χ1v) is 5.17. The number of methoxy groups -OCH3 is 1. The van der Waals surface area contributed by atoms with Crippen molar-refractivity contribution in [3.05, 3.63) is 23.8 Å². The van der Waals surface area contributed by atoms with Gasteiger partial charge in [0.2, 0.25) is 0 Å². The summed E-state index contributed by atoms with van der Waals surface area (Å²) in [6.45, 7) is 4.83. The molecule has 3 N–H and O–H groups in total. The van der Waals surface area contributed by atoms with Crippen molar-refractivity contribution < 1.29 is 9.84 Å². The summed E-state index contributed by atoms with van der Waals surface area (Å²) in [5, 5.41) is 9.65. The molecule has 0 radical (unpaired) electrons. The van der Waals surface area contributed by atoms with Gasteiger partial charge in [0.1, 0.15) is 0 Å². The van der Waals surface area contributed by atoms with Crippen molar-refractivity contribution in [3.63, 3.8) is 0 Å². The molecule has 1 unspecified atom stereocenters. The first kappa shape index (κ1) is 11.9. The molecule has 1 aromatic carbocycles. The van der Waals surface area contributed by atoms with Crippen LogP contribution in [0.5, 0.6) is 11.5 Å². The van der Waals surface area contributed by atoms with Crippen LogP contribution in [0.15, 0.2) is 18.2 Å². The SMILES string of the molecule is COc1ccc(C(CN)C(C)C)cc1O. The van der Waals surface area contributed by atoms with Gasteiger partial charge < -0.3 is 15.6 Å². The molecule has 84 valence electrons. The Morgan fingerprint density at radius 3 is 2.47 bits per heavy atom. The Morgan fingerprint density at radius 2 is 2.07 bits per heavy atom. The van der Waals surface area contributed by atoms with E-state index >= 15 is 0 Å². The second kappa shape index (κ2) is 5.03. The number of ether oxygens (including phenoxy) is 1. The standard InChI is InChI=1S/C12H19NO2/c1-8(2)10(7-13)9-4-5-12(15-3)11(14)6-9/h4-6,8,10,14H,7,13H2,1-3H3. The molecule has 15 heavy (non-hydrogen) atoms. The maximum Gasteiger partial charge on any atom is 0.160 e. The van der Waals surface area contributed by atoms with Crippen molar-refractivity contribution in [1.82, 2.24) is 0 Å². The molecule has 0 saturated carbocycles. The van der Waals surface area contributed by atoms with Crippen LogP contribution in [0.2, 0.25) is 0 Å². The van der Waals surface area contributed by atoms with Gasteiger partial charge in [0.15, 0.2) is 11.5 Å². The maximum absolute atomic E-state index is 9.65. The lowest BCUT2D eigenvalue weighted by molar-refractivity contribution is 0.372. The third-order valence-corrected chi connectivity index (χ3v) is 2.69. The average Bonchev–Trinajstić information content (AvgIpc) is 2.18. The summed E-state index contributed by atoms with van der Waals surface area (Å²) in [5.41, 5.74) is 6.77. The molecule has 0 heterocycles. The number of phenolic OH excluding ortho intramolecular Hbond substituents is 1. The van der Waals surface area contributed by atoms with Gasteiger partial charge in [0.25, 0.3) is 0 Å². The van der Waals surface area contributed by atoms with Crippen LogP contribution in [0.3, 0.4) is 0 Å². The van der Waals surface area contributed by atoms with Crippen molar-refractivity contribution in [1.29, 1.82) is 0 Å². The highest BCUT2D eigenvalue weighted by Gasteiger charge is 2.15. The minimum atomic E-state index is 0.175. The Balaban J connectivity index is 3.00. The fourth-order valence-corrected chi connectivity index (χ4v) is 1.73. The Morgan fingerprint density at radius 1 is 1.40 bits per heavy atom.